The van der Waals surface area contributed by atoms with Crippen LogP contribution in [-0.2, 0) is 0 Å². The summed E-state index contributed by atoms with van der Waals surface area (Å²) < 4.78 is 0. The molecule has 0 atom stereocenters. The predicted octanol–water partition coefficient (Wildman–Crippen LogP) is 12.1. The molecule has 0 unspecified atom stereocenters. The fourth-order valence-electron chi connectivity index (χ4n) is 9.34. The second-order valence-electron chi connectivity index (χ2n) is 15.7. The Morgan fingerprint density at radius 1 is 0.500 bits per heavy atom. The number of fused-ring (bicyclic) bond motifs is 5. The molecule has 0 aliphatic carbocycles. The van der Waals surface area contributed by atoms with E-state index in [4.69, 9.17) is 0 Å². The molecule has 0 N–H and O–H groups in total. The highest BCUT2D eigenvalue weighted by molar-refractivity contribution is 7.04. The lowest BCUT2D eigenvalue weighted by atomic mass is 9.97. The molecule has 0 aromatic heterocycles. The molecule has 7 aromatic rings. The summed E-state index contributed by atoms with van der Waals surface area (Å²) in [6.07, 6.45) is 4.44. The Hall–Kier alpha value is -5.75. The van der Waals surface area contributed by atoms with Gasteiger partial charge in [-0.15, -0.1) is 0 Å². The summed E-state index contributed by atoms with van der Waals surface area (Å²) in [5.74, 6) is 0. The maximum absolute atomic E-state index is 4.51. The summed E-state index contributed by atoms with van der Waals surface area (Å²) in [6.45, 7) is 16.7. The number of benzene rings is 7. The highest BCUT2D eigenvalue weighted by atomic mass is 28.3. The van der Waals surface area contributed by atoms with Gasteiger partial charge in [0.05, 0.1) is 5.70 Å². The van der Waals surface area contributed by atoms with Crippen molar-refractivity contribution in [3.8, 4) is 33.4 Å². The number of hydrogen-bond donors (Lipinski definition) is 0. The molecule has 0 spiro atoms. The van der Waals surface area contributed by atoms with Crippen LogP contribution in [0, 0.1) is 0 Å². The lowest BCUT2D eigenvalue weighted by Crippen LogP contribution is -2.49. The van der Waals surface area contributed by atoms with E-state index >= 15 is 0 Å². The molecule has 54 heavy (non-hydrogen) atoms. The quantitative estimate of drug-likeness (QED) is 0.154. The van der Waals surface area contributed by atoms with Crippen LogP contribution >= 0.6 is 0 Å². The van der Waals surface area contributed by atoms with E-state index in [9.17, 15) is 0 Å². The first kappa shape index (κ1) is 34.0. The molecule has 0 fully saturated rings. The van der Waals surface area contributed by atoms with Gasteiger partial charge in [0.25, 0.3) is 0 Å². The van der Waals surface area contributed by atoms with Crippen molar-refractivity contribution in [1.29, 1.82) is 0 Å². The van der Waals surface area contributed by atoms with Gasteiger partial charge in [-0.3, -0.25) is 0 Å². The molecule has 0 saturated heterocycles. The lowest BCUT2D eigenvalue weighted by molar-refractivity contribution is 1.21. The Balaban J connectivity index is 1.21. The van der Waals surface area contributed by atoms with Crippen molar-refractivity contribution in [2.45, 2.75) is 33.1 Å². The van der Waals surface area contributed by atoms with E-state index in [0.29, 0.717) is 0 Å². The molecule has 7 aromatic carbocycles. The largest absolute Gasteiger partial charge is 0.310 e. The smallest absolute Gasteiger partial charge is 0.113 e. The van der Waals surface area contributed by atoms with E-state index in [2.05, 4.69) is 214 Å². The Kier molecular flexibility index (Phi) is 8.18. The first-order chi connectivity index (χ1) is 26.2. The molecule has 2 aliphatic rings. The highest BCUT2D eigenvalue weighted by Crippen LogP contribution is 2.45. The van der Waals surface area contributed by atoms with Crippen LogP contribution < -0.4 is 20.5 Å². The van der Waals surface area contributed by atoms with Crippen molar-refractivity contribution < 1.29 is 0 Å². The van der Waals surface area contributed by atoms with E-state index in [0.717, 1.165) is 17.1 Å². The minimum atomic E-state index is -1.94. The van der Waals surface area contributed by atoms with Crippen LogP contribution in [0.4, 0.5) is 11.4 Å². The van der Waals surface area contributed by atoms with Gasteiger partial charge in [-0.1, -0.05) is 172 Å². The first-order valence-electron chi connectivity index (χ1n) is 19.1. The Morgan fingerprint density at radius 3 is 1.87 bits per heavy atom. The summed E-state index contributed by atoms with van der Waals surface area (Å²) >= 11 is 0. The fraction of sp³-hybridized carbons (Fsp3) is 0.0980. The van der Waals surface area contributed by atoms with Gasteiger partial charge in [-0.05, 0) is 108 Å². The second-order valence-corrected chi connectivity index (χ2v) is 24.4. The predicted molar refractivity (Wildman–Crippen MR) is 240 cm³/mol. The van der Waals surface area contributed by atoms with Crippen LogP contribution in [0.5, 0.6) is 0 Å². The number of rotatable bonds is 6. The summed E-state index contributed by atoms with van der Waals surface area (Å²) in [6, 6.07) is 58.7. The van der Waals surface area contributed by atoms with Crippen LogP contribution in [0.25, 0.3) is 49.7 Å². The molecular formula is C51H45NSi2. The maximum atomic E-state index is 4.51. The summed E-state index contributed by atoms with van der Waals surface area (Å²) in [5, 5.41) is 8.51. The number of allylic oxidation sites excluding steroid dienone is 4. The molecule has 3 heteroatoms. The highest BCUT2D eigenvalue weighted by Gasteiger charge is 2.41. The molecular weight excluding hydrogens is 683 g/mol. The molecule has 2 aliphatic heterocycles. The van der Waals surface area contributed by atoms with Crippen molar-refractivity contribution in [2.75, 3.05) is 4.90 Å². The number of anilines is 2. The molecule has 0 saturated carbocycles. The van der Waals surface area contributed by atoms with Crippen molar-refractivity contribution in [3.63, 3.8) is 0 Å². The van der Waals surface area contributed by atoms with Gasteiger partial charge >= 0.3 is 0 Å². The zero-order valence-corrected chi connectivity index (χ0v) is 33.8. The van der Waals surface area contributed by atoms with E-state index in [-0.39, 0.29) is 0 Å². The minimum absolute atomic E-state index is 1.11. The molecule has 0 bridgehead atoms. The van der Waals surface area contributed by atoms with Crippen LogP contribution in [0.2, 0.25) is 26.2 Å². The third kappa shape index (κ3) is 5.26. The molecule has 262 valence electrons. The van der Waals surface area contributed by atoms with Crippen molar-refractivity contribution in [3.05, 3.63) is 193 Å². The Labute approximate surface area is 322 Å². The van der Waals surface area contributed by atoms with Gasteiger partial charge in [0.15, 0.2) is 0 Å². The summed E-state index contributed by atoms with van der Waals surface area (Å²) in [5.41, 5.74) is 13.7. The standard InChI is InChI=1S/C51H45NSi2/c1-7-46(51-45-23-12-14-26-49(45)53(3,4)47(51)8-2)52(40-20-15-19-38(33-40)42-24-16-18-36-17-9-10-21-41(36)42)39-30-27-35(28-31-39)37-29-32-44-43-22-11-13-25-48(43)54(5,6)50(44)34-37/h7-34H,1H2,2-6H3/b47-8+,51-46?. The summed E-state index contributed by atoms with van der Waals surface area (Å²) in [7, 11) is -3.72. The second kappa shape index (κ2) is 13.0. The monoisotopic (exact) mass is 727 g/mol. The fourth-order valence-corrected chi connectivity index (χ4v) is 15.7. The van der Waals surface area contributed by atoms with Crippen LogP contribution in [0.1, 0.15) is 12.5 Å². The Bertz CT molecular complexity index is 2690. The van der Waals surface area contributed by atoms with Gasteiger partial charge in [0.1, 0.15) is 16.1 Å². The number of nitrogens with zero attached hydrogens (tertiary/aromatic N) is 1. The van der Waals surface area contributed by atoms with Crippen LogP contribution in [-0.4, -0.2) is 16.1 Å². The van der Waals surface area contributed by atoms with E-state index < -0.39 is 16.1 Å². The zero-order valence-electron chi connectivity index (χ0n) is 31.8. The van der Waals surface area contributed by atoms with Gasteiger partial charge in [0, 0.05) is 16.9 Å². The average Bonchev–Trinajstić information content (AvgIpc) is 3.58. The SMILES string of the molecule is C=CC(=C1/C(=C\C)[Si](C)(C)c2ccccc21)N(c1ccc(-c2ccc3c(c2)[Si](C)(C)c2ccccc2-3)cc1)c1cccc(-c2cccc3ccccc23)c1. The molecule has 0 radical (unpaired) electrons. The first-order valence-corrected chi connectivity index (χ1v) is 25.1. The van der Waals surface area contributed by atoms with Crippen molar-refractivity contribution in [1.82, 2.24) is 0 Å². The van der Waals surface area contributed by atoms with Crippen molar-refractivity contribution in [2.24, 2.45) is 0 Å². The van der Waals surface area contributed by atoms with Crippen LogP contribution in [0.15, 0.2) is 187 Å². The number of hydrogen-bond acceptors (Lipinski definition) is 1. The van der Waals surface area contributed by atoms with E-state index in [1.807, 2.05) is 0 Å². The lowest BCUT2D eigenvalue weighted by Gasteiger charge is -2.30. The average molecular weight is 728 g/mol. The molecule has 9 rings (SSSR count). The van der Waals surface area contributed by atoms with E-state index in [1.54, 1.807) is 5.19 Å². The third-order valence-electron chi connectivity index (χ3n) is 12.0. The normalized spacial score (nSPS) is 16.5. The van der Waals surface area contributed by atoms with E-state index in [1.165, 1.54) is 70.9 Å². The van der Waals surface area contributed by atoms with Crippen molar-refractivity contribution >= 4 is 59.4 Å². The van der Waals surface area contributed by atoms with Gasteiger partial charge in [-0.25, -0.2) is 0 Å². The molecule has 1 nitrogen and oxygen atoms in total. The zero-order chi connectivity index (χ0) is 37.2. The third-order valence-corrected chi connectivity index (χ3v) is 19.2. The Morgan fingerprint density at radius 2 is 1.11 bits per heavy atom. The topological polar surface area (TPSA) is 3.24 Å². The summed E-state index contributed by atoms with van der Waals surface area (Å²) in [4.78, 5) is 2.44. The van der Waals surface area contributed by atoms with Gasteiger partial charge in [0.2, 0.25) is 0 Å². The molecule has 2 heterocycles. The maximum Gasteiger partial charge on any atom is 0.113 e. The minimum Gasteiger partial charge on any atom is -0.310 e. The van der Waals surface area contributed by atoms with Gasteiger partial charge in [-0.2, -0.15) is 0 Å². The molecule has 0 amide bonds. The van der Waals surface area contributed by atoms with Gasteiger partial charge < -0.3 is 4.90 Å². The van der Waals surface area contributed by atoms with Crippen LogP contribution in [0.3, 0.4) is 0 Å².